The second-order valence-electron chi connectivity index (χ2n) is 5.49. The first-order valence-electron chi connectivity index (χ1n) is 7.30. The standard InChI is InChI=1S/C16H22N2O3/c1-11-10-14(11)16(20)18-13-6-4-12(5-7-13)15(19)17-8-3-9-21-2/h4-7,11,14H,3,8-10H2,1-2H3,(H,17,19)(H,18,20). The number of anilines is 1. The molecule has 0 heterocycles. The Morgan fingerprint density at radius 2 is 1.95 bits per heavy atom. The maximum Gasteiger partial charge on any atom is 0.251 e. The molecular formula is C16H22N2O3. The molecule has 2 amide bonds. The molecule has 0 saturated heterocycles. The van der Waals surface area contributed by atoms with Gasteiger partial charge in [-0.3, -0.25) is 9.59 Å². The molecule has 2 rings (SSSR count). The Morgan fingerprint density at radius 1 is 1.29 bits per heavy atom. The zero-order valence-corrected chi connectivity index (χ0v) is 12.5. The van der Waals surface area contributed by atoms with E-state index >= 15 is 0 Å². The number of rotatable bonds is 7. The summed E-state index contributed by atoms with van der Waals surface area (Å²) in [7, 11) is 1.64. The number of ether oxygens (including phenoxy) is 1. The zero-order valence-electron chi connectivity index (χ0n) is 12.5. The Balaban J connectivity index is 1.80. The number of carbonyl (C=O) groups excluding carboxylic acids is 2. The fourth-order valence-electron chi connectivity index (χ4n) is 2.15. The van der Waals surface area contributed by atoms with Gasteiger partial charge < -0.3 is 15.4 Å². The van der Waals surface area contributed by atoms with Crippen LogP contribution in [-0.4, -0.2) is 32.1 Å². The number of hydrogen-bond donors (Lipinski definition) is 2. The Labute approximate surface area is 125 Å². The van der Waals surface area contributed by atoms with E-state index in [1.165, 1.54) is 0 Å². The van der Waals surface area contributed by atoms with Crippen molar-refractivity contribution in [1.29, 1.82) is 0 Å². The highest BCUT2D eigenvalue weighted by atomic mass is 16.5. The summed E-state index contributed by atoms with van der Waals surface area (Å²) < 4.78 is 4.92. The molecule has 2 N–H and O–H groups in total. The highest BCUT2D eigenvalue weighted by Crippen LogP contribution is 2.38. The van der Waals surface area contributed by atoms with E-state index in [1.54, 1.807) is 31.4 Å². The zero-order chi connectivity index (χ0) is 15.2. The van der Waals surface area contributed by atoms with Gasteiger partial charge in [0.2, 0.25) is 5.91 Å². The fraction of sp³-hybridized carbons (Fsp3) is 0.500. The van der Waals surface area contributed by atoms with Crippen molar-refractivity contribution >= 4 is 17.5 Å². The van der Waals surface area contributed by atoms with Gasteiger partial charge in [-0.15, -0.1) is 0 Å². The van der Waals surface area contributed by atoms with Gasteiger partial charge in [0.25, 0.3) is 5.91 Å². The maximum absolute atomic E-state index is 11.9. The van der Waals surface area contributed by atoms with Crippen LogP contribution in [0.4, 0.5) is 5.69 Å². The third-order valence-electron chi connectivity index (χ3n) is 3.67. The summed E-state index contributed by atoms with van der Waals surface area (Å²) in [5, 5.41) is 5.69. The molecule has 5 heteroatoms. The second-order valence-corrected chi connectivity index (χ2v) is 5.49. The van der Waals surface area contributed by atoms with Crippen LogP contribution in [0.3, 0.4) is 0 Å². The van der Waals surface area contributed by atoms with Gasteiger partial charge in [0.05, 0.1) is 0 Å². The van der Waals surface area contributed by atoms with Crippen LogP contribution < -0.4 is 10.6 Å². The summed E-state index contributed by atoms with van der Waals surface area (Å²) in [5.41, 5.74) is 1.32. The average molecular weight is 290 g/mol. The van der Waals surface area contributed by atoms with Crippen molar-refractivity contribution in [3.8, 4) is 0 Å². The number of hydrogen-bond acceptors (Lipinski definition) is 3. The smallest absolute Gasteiger partial charge is 0.251 e. The van der Waals surface area contributed by atoms with Crippen molar-refractivity contribution < 1.29 is 14.3 Å². The number of benzene rings is 1. The number of nitrogens with one attached hydrogen (secondary N) is 2. The first-order valence-corrected chi connectivity index (χ1v) is 7.30. The number of amides is 2. The topological polar surface area (TPSA) is 67.4 Å². The molecule has 0 bridgehead atoms. The van der Waals surface area contributed by atoms with E-state index in [-0.39, 0.29) is 17.7 Å². The van der Waals surface area contributed by atoms with Crippen molar-refractivity contribution in [1.82, 2.24) is 5.32 Å². The molecule has 0 radical (unpaired) electrons. The molecule has 21 heavy (non-hydrogen) atoms. The van der Waals surface area contributed by atoms with Crippen LogP contribution in [0.15, 0.2) is 24.3 Å². The van der Waals surface area contributed by atoms with Crippen molar-refractivity contribution in [2.75, 3.05) is 25.6 Å². The third-order valence-corrected chi connectivity index (χ3v) is 3.67. The molecule has 2 unspecified atom stereocenters. The van der Waals surface area contributed by atoms with E-state index < -0.39 is 0 Å². The molecule has 0 aromatic heterocycles. The molecule has 1 aromatic carbocycles. The van der Waals surface area contributed by atoms with Gasteiger partial charge in [-0.05, 0) is 43.0 Å². The molecule has 114 valence electrons. The summed E-state index contributed by atoms with van der Waals surface area (Å²) in [5.74, 6) is 0.593. The van der Waals surface area contributed by atoms with E-state index in [2.05, 4.69) is 17.6 Å². The highest BCUT2D eigenvalue weighted by Gasteiger charge is 2.38. The van der Waals surface area contributed by atoms with Crippen LogP contribution >= 0.6 is 0 Å². The molecule has 1 fully saturated rings. The third kappa shape index (κ3) is 4.56. The minimum Gasteiger partial charge on any atom is -0.385 e. The normalized spacial score (nSPS) is 19.9. The lowest BCUT2D eigenvalue weighted by Crippen LogP contribution is -2.25. The first kappa shape index (κ1) is 15.5. The number of methoxy groups -OCH3 is 1. The SMILES string of the molecule is COCCCNC(=O)c1ccc(NC(=O)C2CC2C)cc1. The average Bonchev–Trinajstić information content (AvgIpc) is 3.21. The molecule has 0 spiro atoms. The lowest BCUT2D eigenvalue weighted by atomic mass is 10.2. The van der Waals surface area contributed by atoms with Crippen molar-refractivity contribution in [2.24, 2.45) is 11.8 Å². The van der Waals surface area contributed by atoms with Gasteiger partial charge in [-0.1, -0.05) is 6.92 Å². The van der Waals surface area contributed by atoms with Gasteiger partial charge in [0.1, 0.15) is 0 Å². The van der Waals surface area contributed by atoms with Crippen LogP contribution in [0.1, 0.15) is 30.1 Å². The van der Waals surface area contributed by atoms with E-state index in [9.17, 15) is 9.59 Å². The fourth-order valence-corrected chi connectivity index (χ4v) is 2.15. The minimum absolute atomic E-state index is 0.0688. The van der Waals surface area contributed by atoms with Crippen molar-refractivity contribution in [3.63, 3.8) is 0 Å². The molecule has 0 aliphatic heterocycles. The summed E-state index contributed by atoms with van der Waals surface area (Å²) in [6.45, 7) is 3.29. The van der Waals surface area contributed by atoms with Crippen LogP contribution in [0.25, 0.3) is 0 Å². The second kappa shape index (κ2) is 7.22. The van der Waals surface area contributed by atoms with E-state index in [1.807, 2.05) is 0 Å². The predicted molar refractivity (Wildman–Crippen MR) is 81.2 cm³/mol. The lowest BCUT2D eigenvalue weighted by molar-refractivity contribution is -0.117. The summed E-state index contributed by atoms with van der Waals surface area (Å²) in [4.78, 5) is 23.7. The van der Waals surface area contributed by atoms with Crippen LogP contribution in [0.2, 0.25) is 0 Å². The van der Waals surface area contributed by atoms with Gasteiger partial charge in [0, 0.05) is 37.4 Å². The Morgan fingerprint density at radius 3 is 2.52 bits per heavy atom. The monoisotopic (exact) mass is 290 g/mol. The van der Waals surface area contributed by atoms with Crippen LogP contribution in [0.5, 0.6) is 0 Å². The van der Waals surface area contributed by atoms with Gasteiger partial charge >= 0.3 is 0 Å². The van der Waals surface area contributed by atoms with E-state index in [0.29, 0.717) is 24.6 Å². The number of carbonyl (C=O) groups is 2. The Hall–Kier alpha value is -1.88. The van der Waals surface area contributed by atoms with Gasteiger partial charge in [-0.25, -0.2) is 0 Å². The molecule has 1 aromatic rings. The first-order chi connectivity index (χ1) is 10.1. The maximum atomic E-state index is 11.9. The predicted octanol–water partition coefficient (Wildman–Crippen LogP) is 2.05. The van der Waals surface area contributed by atoms with E-state index in [0.717, 1.165) is 18.5 Å². The van der Waals surface area contributed by atoms with Crippen molar-refractivity contribution in [3.05, 3.63) is 29.8 Å². The molecule has 1 aliphatic carbocycles. The summed E-state index contributed by atoms with van der Waals surface area (Å²) >= 11 is 0. The molecule has 1 saturated carbocycles. The van der Waals surface area contributed by atoms with Crippen molar-refractivity contribution in [2.45, 2.75) is 19.8 Å². The van der Waals surface area contributed by atoms with Crippen LogP contribution in [-0.2, 0) is 9.53 Å². The van der Waals surface area contributed by atoms with Gasteiger partial charge in [0.15, 0.2) is 0 Å². The molecule has 2 atom stereocenters. The largest absolute Gasteiger partial charge is 0.385 e. The molecule has 1 aliphatic rings. The minimum atomic E-state index is -0.111. The lowest BCUT2D eigenvalue weighted by Gasteiger charge is -2.07. The van der Waals surface area contributed by atoms with E-state index in [4.69, 9.17) is 4.74 Å². The summed E-state index contributed by atoms with van der Waals surface area (Å²) in [6.07, 6.45) is 1.75. The molecular weight excluding hydrogens is 268 g/mol. The highest BCUT2D eigenvalue weighted by molar-refractivity contribution is 5.96. The Kier molecular flexibility index (Phi) is 5.33. The van der Waals surface area contributed by atoms with Gasteiger partial charge in [-0.2, -0.15) is 0 Å². The quantitative estimate of drug-likeness (QED) is 0.755. The Bertz CT molecular complexity index is 499. The summed E-state index contributed by atoms with van der Waals surface area (Å²) in [6, 6.07) is 6.96. The molecule has 5 nitrogen and oxygen atoms in total. The van der Waals surface area contributed by atoms with Crippen LogP contribution in [0, 0.1) is 11.8 Å².